The van der Waals surface area contributed by atoms with Crippen LogP contribution in [-0.2, 0) is 9.05 Å². The summed E-state index contributed by atoms with van der Waals surface area (Å²) in [6, 6.07) is 6.02. The van der Waals surface area contributed by atoms with Crippen LogP contribution in [0.3, 0.4) is 0 Å². The summed E-state index contributed by atoms with van der Waals surface area (Å²) in [5.74, 6) is 0.856. The molecule has 0 radical (unpaired) electrons. The summed E-state index contributed by atoms with van der Waals surface area (Å²) in [7, 11) is 3.13. The number of carbonyl (C=O) groups is 1. The van der Waals surface area contributed by atoms with Gasteiger partial charge in [0.25, 0.3) is 15.0 Å². The quantitative estimate of drug-likeness (QED) is 0.802. The van der Waals surface area contributed by atoms with Crippen molar-refractivity contribution < 1.29 is 13.2 Å². The van der Waals surface area contributed by atoms with E-state index in [9.17, 15) is 13.2 Å². The van der Waals surface area contributed by atoms with Crippen molar-refractivity contribution in [2.75, 3.05) is 13.6 Å². The molecule has 1 aromatic rings. The Morgan fingerprint density at radius 2 is 2.00 bits per heavy atom. The van der Waals surface area contributed by atoms with Crippen LogP contribution < -0.4 is 0 Å². The van der Waals surface area contributed by atoms with E-state index in [4.69, 9.17) is 10.7 Å². The first-order chi connectivity index (χ1) is 8.80. The zero-order chi connectivity index (χ0) is 14.2. The Balaban J connectivity index is 2.24. The molecule has 4 nitrogen and oxygen atoms in total. The van der Waals surface area contributed by atoms with Crippen molar-refractivity contribution >= 4 is 25.6 Å². The highest BCUT2D eigenvalue weighted by Crippen LogP contribution is 2.38. The van der Waals surface area contributed by atoms with Crippen molar-refractivity contribution in [1.82, 2.24) is 4.90 Å². The largest absolute Gasteiger partial charge is 0.341 e. The third-order valence-electron chi connectivity index (χ3n) is 3.51. The van der Waals surface area contributed by atoms with Gasteiger partial charge in [-0.05, 0) is 30.4 Å². The number of benzene rings is 1. The topological polar surface area (TPSA) is 54.5 Å². The van der Waals surface area contributed by atoms with Gasteiger partial charge in [0, 0.05) is 24.3 Å². The van der Waals surface area contributed by atoms with Crippen molar-refractivity contribution in [3.05, 3.63) is 29.8 Å². The van der Waals surface area contributed by atoms with Crippen LogP contribution in [0.15, 0.2) is 29.2 Å². The first-order valence-corrected chi connectivity index (χ1v) is 8.41. The highest BCUT2D eigenvalue weighted by atomic mass is 35.7. The number of nitrogens with zero attached hydrogens (tertiary/aromatic N) is 1. The molecule has 2 atom stereocenters. The molecule has 1 amide bonds. The van der Waals surface area contributed by atoms with Gasteiger partial charge in [-0.15, -0.1) is 0 Å². The van der Waals surface area contributed by atoms with Gasteiger partial charge in [0.05, 0.1) is 10.5 Å². The third-order valence-corrected chi connectivity index (χ3v) is 4.89. The zero-order valence-electron chi connectivity index (χ0n) is 10.8. The number of amides is 1. The summed E-state index contributed by atoms with van der Waals surface area (Å²) in [5, 5.41) is 0. The van der Waals surface area contributed by atoms with Gasteiger partial charge in [-0.3, -0.25) is 4.79 Å². The lowest BCUT2D eigenvalue weighted by molar-refractivity contribution is 0.0783. The summed E-state index contributed by atoms with van der Waals surface area (Å²) < 4.78 is 22.9. The zero-order valence-corrected chi connectivity index (χ0v) is 12.4. The van der Waals surface area contributed by atoms with Crippen LogP contribution in [0.2, 0.25) is 0 Å². The van der Waals surface area contributed by atoms with E-state index in [1.807, 2.05) is 0 Å². The molecule has 1 fully saturated rings. The monoisotopic (exact) mass is 301 g/mol. The number of hydrogen-bond donors (Lipinski definition) is 0. The fraction of sp³-hybridized carbons (Fsp3) is 0.462. The molecule has 0 bridgehead atoms. The van der Waals surface area contributed by atoms with Crippen LogP contribution in [0.1, 0.15) is 23.7 Å². The molecule has 1 aliphatic carbocycles. The second kappa shape index (κ2) is 5.13. The summed E-state index contributed by atoms with van der Waals surface area (Å²) >= 11 is 0. The Hall–Kier alpha value is -1.07. The number of rotatable bonds is 4. The maximum atomic E-state index is 12.3. The predicted molar refractivity (Wildman–Crippen MR) is 73.7 cm³/mol. The molecule has 2 unspecified atom stereocenters. The van der Waals surface area contributed by atoms with Crippen molar-refractivity contribution in [3.63, 3.8) is 0 Å². The molecule has 1 aromatic carbocycles. The average molecular weight is 302 g/mol. The molecule has 19 heavy (non-hydrogen) atoms. The summed E-state index contributed by atoms with van der Waals surface area (Å²) in [6.07, 6.45) is 1.12. The highest BCUT2D eigenvalue weighted by molar-refractivity contribution is 8.13. The second-order valence-electron chi connectivity index (χ2n) is 5.09. The minimum atomic E-state index is -3.91. The number of halogens is 1. The van der Waals surface area contributed by atoms with Gasteiger partial charge in [-0.1, -0.05) is 19.1 Å². The summed E-state index contributed by atoms with van der Waals surface area (Å²) in [5.41, 5.74) is 0.133. The Morgan fingerprint density at radius 1 is 1.42 bits per heavy atom. The third kappa shape index (κ3) is 3.28. The molecular weight excluding hydrogens is 286 g/mol. The number of hydrogen-bond acceptors (Lipinski definition) is 3. The smallest absolute Gasteiger partial charge is 0.262 e. The lowest BCUT2D eigenvalue weighted by atomic mass is 10.2. The van der Waals surface area contributed by atoms with E-state index >= 15 is 0 Å². The van der Waals surface area contributed by atoms with E-state index < -0.39 is 9.05 Å². The lowest BCUT2D eigenvalue weighted by Gasteiger charge is -2.18. The van der Waals surface area contributed by atoms with Gasteiger partial charge in [-0.2, -0.15) is 0 Å². The summed E-state index contributed by atoms with van der Waals surface area (Å²) in [4.78, 5) is 13.7. The van der Waals surface area contributed by atoms with Crippen molar-refractivity contribution in [1.29, 1.82) is 0 Å². The van der Waals surface area contributed by atoms with E-state index in [-0.39, 0.29) is 16.4 Å². The SMILES string of the molecule is CC1CC1CN(C)C(=O)c1ccccc1S(=O)(=O)Cl. The van der Waals surface area contributed by atoms with Crippen LogP contribution in [0.25, 0.3) is 0 Å². The standard InChI is InChI=1S/C13H16ClNO3S/c1-9-7-10(9)8-15(2)13(16)11-5-3-4-6-12(11)19(14,17)18/h3-6,9-10H,7-8H2,1-2H3. The van der Waals surface area contributed by atoms with E-state index in [1.165, 1.54) is 12.1 Å². The van der Waals surface area contributed by atoms with Crippen molar-refractivity contribution in [3.8, 4) is 0 Å². The molecule has 0 N–H and O–H groups in total. The Bertz CT molecular complexity index is 600. The maximum Gasteiger partial charge on any atom is 0.262 e. The summed E-state index contributed by atoms with van der Waals surface area (Å²) in [6.45, 7) is 2.79. The second-order valence-corrected chi connectivity index (χ2v) is 7.63. The first kappa shape index (κ1) is 14.3. The van der Waals surface area contributed by atoms with E-state index in [0.29, 0.717) is 18.4 Å². The molecule has 2 rings (SSSR count). The molecule has 0 saturated heterocycles. The molecule has 1 saturated carbocycles. The number of carbonyl (C=O) groups excluding carboxylic acids is 1. The average Bonchev–Trinajstić information content (AvgIpc) is 3.02. The van der Waals surface area contributed by atoms with Gasteiger partial charge < -0.3 is 4.90 Å². The molecular formula is C13H16ClNO3S. The first-order valence-electron chi connectivity index (χ1n) is 6.10. The predicted octanol–water partition coefficient (Wildman–Crippen LogP) is 2.34. The van der Waals surface area contributed by atoms with Crippen LogP contribution >= 0.6 is 10.7 Å². The molecule has 0 aliphatic heterocycles. The van der Waals surface area contributed by atoms with E-state index in [1.54, 1.807) is 24.1 Å². The van der Waals surface area contributed by atoms with Crippen LogP contribution in [0.5, 0.6) is 0 Å². The van der Waals surface area contributed by atoms with Crippen molar-refractivity contribution in [2.24, 2.45) is 11.8 Å². The minimum Gasteiger partial charge on any atom is -0.341 e. The van der Waals surface area contributed by atoms with Crippen molar-refractivity contribution in [2.45, 2.75) is 18.2 Å². The van der Waals surface area contributed by atoms with Crippen LogP contribution in [0, 0.1) is 11.8 Å². The minimum absolute atomic E-state index is 0.127. The van der Waals surface area contributed by atoms with Crippen LogP contribution in [0.4, 0.5) is 0 Å². The highest BCUT2D eigenvalue weighted by Gasteiger charge is 2.34. The molecule has 1 aliphatic rings. The van der Waals surface area contributed by atoms with Gasteiger partial charge in [0.2, 0.25) is 0 Å². The van der Waals surface area contributed by atoms with E-state index in [0.717, 1.165) is 6.42 Å². The molecule has 6 heteroatoms. The van der Waals surface area contributed by atoms with Gasteiger partial charge in [0.15, 0.2) is 0 Å². The fourth-order valence-electron chi connectivity index (χ4n) is 2.15. The Kier molecular flexibility index (Phi) is 3.87. The Labute approximate surface area is 117 Å². The van der Waals surface area contributed by atoms with Gasteiger partial charge >= 0.3 is 0 Å². The Morgan fingerprint density at radius 3 is 2.53 bits per heavy atom. The molecule has 0 heterocycles. The lowest BCUT2D eigenvalue weighted by Crippen LogP contribution is -2.30. The van der Waals surface area contributed by atoms with Gasteiger partial charge in [-0.25, -0.2) is 8.42 Å². The normalized spacial score (nSPS) is 22.1. The maximum absolute atomic E-state index is 12.3. The molecule has 104 valence electrons. The van der Waals surface area contributed by atoms with Crippen LogP contribution in [-0.4, -0.2) is 32.8 Å². The molecule has 0 aromatic heterocycles. The fourth-order valence-corrected chi connectivity index (χ4v) is 3.21. The molecule has 0 spiro atoms. The van der Waals surface area contributed by atoms with E-state index in [2.05, 4.69) is 6.92 Å². The van der Waals surface area contributed by atoms with Gasteiger partial charge in [0.1, 0.15) is 0 Å².